The topological polar surface area (TPSA) is 46.3 Å². The monoisotopic (exact) mass is 272 g/mol. The summed E-state index contributed by atoms with van der Waals surface area (Å²) in [4.78, 5) is 18.3. The Labute approximate surface area is 119 Å². The van der Waals surface area contributed by atoms with Crippen molar-refractivity contribution in [1.29, 1.82) is 0 Å². The standard InChI is InChI=1S/C16H20N2O2/c1-11(2)18(4)15(19)10-14-12(3)20-16(17-14)13-8-6-5-7-9-13/h5-9,11H,10H2,1-4H3. The average molecular weight is 272 g/mol. The number of benzene rings is 1. The van der Waals surface area contributed by atoms with Gasteiger partial charge in [-0.05, 0) is 32.9 Å². The van der Waals surface area contributed by atoms with Crippen molar-refractivity contribution < 1.29 is 9.21 Å². The number of carbonyl (C=O) groups is 1. The summed E-state index contributed by atoms with van der Waals surface area (Å²) in [5.41, 5.74) is 1.63. The summed E-state index contributed by atoms with van der Waals surface area (Å²) in [5, 5.41) is 0. The molecule has 0 fully saturated rings. The molecule has 2 aromatic rings. The van der Waals surface area contributed by atoms with Gasteiger partial charge in [0.05, 0.1) is 12.1 Å². The third kappa shape index (κ3) is 3.07. The Hall–Kier alpha value is -2.10. The molecule has 0 atom stereocenters. The van der Waals surface area contributed by atoms with Crippen LogP contribution in [-0.4, -0.2) is 28.9 Å². The number of carbonyl (C=O) groups excluding carboxylic acids is 1. The van der Waals surface area contributed by atoms with Gasteiger partial charge in [0, 0.05) is 18.7 Å². The molecule has 0 N–H and O–H groups in total. The number of hydrogen-bond acceptors (Lipinski definition) is 3. The van der Waals surface area contributed by atoms with Crippen LogP contribution in [0.1, 0.15) is 25.3 Å². The first-order valence-corrected chi connectivity index (χ1v) is 6.76. The molecule has 0 saturated carbocycles. The lowest BCUT2D eigenvalue weighted by Crippen LogP contribution is -2.34. The van der Waals surface area contributed by atoms with Crippen LogP contribution in [0.5, 0.6) is 0 Å². The van der Waals surface area contributed by atoms with E-state index < -0.39 is 0 Å². The molecule has 0 radical (unpaired) electrons. The van der Waals surface area contributed by atoms with Gasteiger partial charge < -0.3 is 9.32 Å². The fourth-order valence-electron chi connectivity index (χ4n) is 1.85. The first kappa shape index (κ1) is 14.3. The van der Waals surface area contributed by atoms with Crippen molar-refractivity contribution in [1.82, 2.24) is 9.88 Å². The van der Waals surface area contributed by atoms with Gasteiger partial charge in [-0.1, -0.05) is 18.2 Å². The highest BCUT2D eigenvalue weighted by Crippen LogP contribution is 2.21. The highest BCUT2D eigenvalue weighted by atomic mass is 16.4. The number of aromatic nitrogens is 1. The predicted molar refractivity (Wildman–Crippen MR) is 78.3 cm³/mol. The summed E-state index contributed by atoms with van der Waals surface area (Å²) in [6.07, 6.45) is 0.275. The van der Waals surface area contributed by atoms with Crippen molar-refractivity contribution in [3.63, 3.8) is 0 Å². The number of nitrogens with zero attached hydrogens (tertiary/aromatic N) is 2. The number of amides is 1. The second kappa shape index (κ2) is 5.90. The van der Waals surface area contributed by atoms with E-state index >= 15 is 0 Å². The molecule has 1 aromatic carbocycles. The highest BCUT2D eigenvalue weighted by molar-refractivity contribution is 5.78. The van der Waals surface area contributed by atoms with Crippen molar-refractivity contribution in [3.8, 4) is 11.5 Å². The van der Waals surface area contributed by atoms with E-state index in [4.69, 9.17) is 4.42 Å². The van der Waals surface area contributed by atoms with Crippen molar-refractivity contribution in [2.24, 2.45) is 0 Å². The second-order valence-electron chi connectivity index (χ2n) is 5.16. The van der Waals surface area contributed by atoms with Gasteiger partial charge in [0.1, 0.15) is 5.76 Å². The molecule has 0 unspecified atom stereocenters. The first-order chi connectivity index (χ1) is 9.49. The van der Waals surface area contributed by atoms with Crippen LogP contribution in [0.3, 0.4) is 0 Å². The first-order valence-electron chi connectivity index (χ1n) is 6.76. The average Bonchev–Trinajstić information content (AvgIpc) is 2.80. The maximum atomic E-state index is 12.1. The molecule has 0 spiro atoms. The zero-order valence-corrected chi connectivity index (χ0v) is 12.4. The molecule has 1 amide bonds. The van der Waals surface area contributed by atoms with Crippen LogP contribution in [0.4, 0.5) is 0 Å². The SMILES string of the molecule is Cc1oc(-c2ccccc2)nc1CC(=O)N(C)C(C)C. The maximum absolute atomic E-state index is 12.1. The van der Waals surface area contributed by atoms with Gasteiger partial charge in [-0.3, -0.25) is 4.79 Å². The third-order valence-electron chi connectivity index (χ3n) is 3.40. The molecular formula is C16H20N2O2. The normalized spacial score (nSPS) is 10.8. The molecule has 2 rings (SSSR count). The van der Waals surface area contributed by atoms with E-state index in [-0.39, 0.29) is 18.4 Å². The Morgan fingerprint density at radius 2 is 1.95 bits per heavy atom. The van der Waals surface area contributed by atoms with E-state index in [1.807, 2.05) is 51.1 Å². The van der Waals surface area contributed by atoms with Gasteiger partial charge in [0.15, 0.2) is 0 Å². The molecule has 1 aromatic heterocycles. The van der Waals surface area contributed by atoms with Crippen molar-refractivity contribution in [2.75, 3.05) is 7.05 Å². The number of likely N-dealkylation sites (N-methyl/N-ethyl adjacent to an activating group) is 1. The van der Waals surface area contributed by atoms with Gasteiger partial charge in [-0.25, -0.2) is 4.98 Å². The van der Waals surface area contributed by atoms with Crippen LogP contribution < -0.4 is 0 Å². The van der Waals surface area contributed by atoms with E-state index in [9.17, 15) is 4.79 Å². The van der Waals surface area contributed by atoms with Crippen LogP contribution >= 0.6 is 0 Å². The smallest absolute Gasteiger partial charge is 0.228 e. The fourth-order valence-corrected chi connectivity index (χ4v) is 1.85. The number of aryl methyl sites for hydroxylation is 1. The molecule has 20 heavy (non-hydrogen) atoms. The van der Waals surface area contributed by atoms with E-state index in [1.165, 1.54) is 0 Å². The zero-order chi connectivity index (χ0) is 14.7. The minimum atomic E-state index is 0.0519. The lowest BCUT2D eigenvalue weighted by atomic mass is 10.2. The Balaban J connectivity index is 2.19. The van der Waals surface area contributed by atoms with E-state index in [0.717, 1.165) is 5.56 Å². The maximum Gasteiger partial charge on any atom is 0.228 e. The van der Waals surface area contributed by atoms with Crippen molar-refractivity contribution >= 4 is 5.91 Å². The molecule has 4 nitrogen and oxygen atoms in total. The Bertz CT molecular complexity index is 588. The van der Waals surface area contributed by atoms with E-state index in [1.54, 1.807) is 11.9 Å². The van der Waals surface area contributed by atoms with Crippen molar-refractivity contribution in [2.45, 2.75) is 33.2 Å². The molecule has 0 aliphatic carbocycles. The summed E-state index contributed by atoms with van der Waals surface area (Å²) in [5.74, 6) is 1.32. The van der Waals surface area contributed by atoms with Crippen LogP contribution in [0.15, 0.2) is 34.7 Å². The molecule has 4 heteroatoms. The molecular weight excluding hydrogens is 252 g/mol. The molecule has 0 aliphatic heterocycles. The number of oxazole rings is 1. The largest absolute Gasteiger partial charge is 0.441 e. The van der Waals surface area contributed by atoms with Gasteiger partial charge in [0.2, 0.25) is 11.8 Å². The Morgan fingerprint density at radius 3 is 2.55 bits per heavy atom. The Morgan fingerprint density at radius 1 is 1.30 bits per heavy atom. The lowest BCUT2D eigenvalue weighted by molar-refractivity contribution is -0.130. The lowest BCUT2D eigenvalue weighted by Gasteiger charge is -2.20. The van der Waals surface area contributed by atoms with Gasteiger partial charge in [-0.15, -0.1) is 0 Å². The highest BCUT2D eigenvalue weighted by Gasteiger charge is 2.18. The second-order valence-corrected chi connectivity index (χ2v) is 5.16. The Kier molecular flexibility index (Phi) is 4.23. The summed E-state index contributed by atoms with van der Waals surface area (Å²) in [6, 6.07) is 9.89. The summed E-state index contributed by atoms with van der Waals surface area (Å²) in [7, 11) is 1.81. The quantitative estimate of drug-likeness (QED) is 0.859. The molecule has 0 bridgehead atoms. The van der Waals surface area contributed by atoms with Gasteiger partial charge >= 0.3 is 0 Å². The molecule has 0 saturated heterocycles. The molecule has 0 aliphatic rings. The van der Waals surface area contributed by atoms with Crippen LogP contribution in [0, 0.1) is 6.92 Å². The fraction of sp³-hybridized carbons (Fsp3) is 0.375. The predicted octanol–water partition coefficient (Wildman–Crippen LogP) is 3.06. The van der Waals surface area contributed by atoms with E-state index in [0.29, 0.717) is 17.3 Å². The van der Waals surface area contributed by atoms with Gasteiger partial charge in [0.25, 0.3) is 0 Å². The minimum absolute atomic E-state index is 0.0519. The van der Waals surface area contributed by atoms with Crippen LogP contribution in [0.25, 0.3) is 11.5 Å². The van der Waals surface area contributed by atoms with Gasteiger partial charge in [-0.2, -0.15) is 0 Å². The third-order valence-corrected chi connectivity index (χ3v) is 3.40. The summed E-state index contributed by atoms with van der Waals surface area (Å²) >= 11 is 0. The number of hydrogen-bond donors (Lipinski definition) is 0. The molecule has 1 heterocycles. The van der Waals surface area contributed by atoms with Crippen molar-refractivity contribution in [3.05, 3.63) is 41.8 Å². The summed E-state index contributed by atoms with van der Waals surface area (Å²) < 4.78 is 5.66. The van der Waals surface area contributed by atoms with Crippen LogP contribution in [0.2, 0.25) is 0 Å². The summed E-state index contributed by atoms with van der Waals surface area (Å²) in [6.45, 7) is 5.82. The van der Waals surface area contributed by atoms with Crippen LogP contribution in [-0.2, 0) is 11.2 Å². The zero-order valence-electron chi connectivity index (χ0n) is 12.4. The molecule has 106 valence electrons. The number of rotatable bonds is 4. The van der Waals surface area contributed by atoms with E-state index in [2.05, 4.69) is 4.98 Å². The minimum Gasteiger partial charge on any atom is -0.441 e.